The van der Waals surface area contributed by atoms with E-state index < -0.39 is 0 Å². The maximum Gasteiger partial charge on any atom is 0.125 e. The molecule has 0 aliphatic heterocycles. The predicted octanol–water partition coefficient (Wildman–Crippen LogP) is 3.46. The van der Waals surface area contributed by atoms with Gasteiger partial charge in [-0.25, -0.2) is 4.98 Å². The average Bonchev–Trinajstić information content (AvgIpc) is 2.81. The molecule has 1 aromatic rings. The van der Waals surface area contributed by atoms with Gasteiger partial charge in [0.2, 0.25) is 0 Å². The number of nitrogens with two attached hydrogens (primary N) is 1. The first-order valence-corrected chi connectivity index (χ1v) is 7.15. The van der Waals surface area contributed by atoms with Crippen LogP contribution in [0.3, 0.4) is 0 Å². The summed E-state index contributed by atoms with van der Waals surface area (Å²) in [5, 5.41) is 3.12. The van der Waals surface area contributed by atoms with E-state index in [0.717, 1.165) is 23.5 Å². The van der Waals surface area contributed by atoms with Gasteiger partial charge < -0.3 is 10.5 Å². The molecule has 0 aliphatic carbocycles. The van der Waals surface area contributed by atoms with Gasteiger partial charge in [-0.1, -0.05) is 27.7 Å². The lowest BCUT2D eigenvalue weighted by Crippen LogP contribution is -2.27. The first-order valence-electron chi connectivity index (χ1n) is 6.27. The largest absolute Gasteiger partial charge is 0.371 e. The molecule has 98 valence electrons. The molecular weight excluding hydrogens is 232 g/mol. The van der Waals surface area contributed by atoms with Crippen LogP contribution in [-0.2, 0) is 10.3 Å². The molecule has 0 saturated heterocycles. The monoisotopic (exact) mass is 256 g/mol. The quantitative estimate of drug-likeness (QED) is 0.848. The molecule has 0 radical (unpaired) electrons. The Bertz CT molecular complexity index is 337. The van der Waals surface area contributed by atoms with Crippen LogP contribution in [0.5, 0.6) is 0 Å². The number of methoxy groups -OCH3 is 1. The molecule has 1 heterocycles. The van der Waals surface area contributed by atoms with E-state index in [1.165, 1.54) is 0 Å². The van der Waals surface area contributed by atoms with Crippen molar-refractivity contribution in [3.63, 3.8) is 0 Å². The molecule has 0 aliphatic rings. The van der Waals surface area contributed by atoms with Crippen molar-refractivity contribution in [1.29, 1.82) is 0 Å². The fourth-order valence-electron chi connectivity index (χ4n) is 1.92. The van der Waals surface area contributed by atoms with Gasteiger partial charge in [0.25, 0.3) is 0 Å². The molecule has 3 nitrogen and oxygen atoms in total. The lowest BCUT2D eigenvalue weighted by Gasteiger charge is -2.27. The normalized spacial score (nSPS) is 14.3. The number of hydrogen-bond donors (Lipinski definition) is 1. The summed E-state index contributed by atoms with van der Waals surface area (Å²) in [5.41, 5.74) is 6.87. The van der Waals surface area contributed by atoms with Crippen LogP contribution in [-0.4, -0.2) is 12.1 Å². The van der Waals surface area contributed by atoms with Gasteiger partial charge in [0.15, 0.2) is 0 Å². The Morgan fingerprint density at radius 1 is 1.41 bits per heavy atom. The van der Waals surface area contributed by atoms with Crippen LogP contribution in [0.2, 0.25) is 0 Å². The molecule has 2 N–H and O–H groups in total. The van der Waals surface area contributed by atoms with Crippen LogP contribution >= 0.6 is 11.3 Å². The minimum atomic E-state index is -0.236. The van der Waals surface area contributed by atoms with Crippen LogP contribution < -0.4 is 5.73 Å². The second-order valence-electron chi connectivity index (χ2n) is 4.75. The molecule has 0 saturated carbocycles. The van der Waals surface area contributed by atoms with Crippen molar-refractivity contribution in [3.05, 3.63) is 16.1 Å². The Labute approximate surface area is 108 Å². The highest BCUT2D eigenvalue weighted by Crippen LogP contribution is 2.35. The smallest absolute Gasteiger partial charge is 0.125 e. The highest BCUT2D eigenvalue weighted by atomic mass is 32.1. The molecule has 0 fully saturated rings. The molecule has 0 bridgehead atoms. The minimum absolute atomic E-state index is 0.0169. The molecule has 0 spiro atoms. The molecule has 1 unspecified atom stereocenters. The Balaban J connectivity index is 3.00. The molecule has 17 heavy (non-hydrogen) atoms. The third-order valence-electron chi connectivity index (χ3n) is 3.50. The first-order chi connectivity index (χ1) is 8.00. The number of aromatic nitrogens is 1. The lowest BCUT2D eigenvalue weighted by molar-refractivity contribution is -0.0220. The average molecular weight is 256 g/mol. The van der Waals surface area contributed by atoms with Crippen LogP contribution in [0.1, 0.15) is 57.3 Å². The summed E-state index contributed by atoms with van der Waals surface area (Å²) in [6.45, 7) is 8.51. The van der Waals surface area contributed by atoms with E-state index in [9.17, 15) is 0 Å². The standard InChI is InChI=1S/C13H24N2OS/c1-6-13(7-2,16-5)12-15-10(8-17-12)11(14)9(3)4/h8-9,11H,6-7,14H2,1-5H3. The van der Waals surface area contributed by atoms with Crippen LogP contribution in [0.25, 0.3) is 0 Å². The summed E-state index contributed by atoms with van der Waals surface area (Å²) in [6, 6.07) is 0.0169. The summed E-state index contributed by atoms with van der Waals surface area (Å²) in [6.07, 6.45) is 1.87. The summed E-state index contributed by atoms with van der Waals surface area (Å²) >= 11 is 1.66. The fourth-order valence-corrected chi connectivity index (χ4v) is 3.11. The number of rotatable bonds is 6. The van der Waals surface area contributed by atoms with Gasteiger partial charge in [-0.2, -0.15) is 0 Å². The second-order valence-corrected chi connectivity index (χ2v) is 5.61. The Kier molecular flexibility index (Phi) is 5.10. The van der Waals surface area contributed by atoms with Gasteiger partial charge in [-0.3, -0.25) is 0 Å². The van der Waals surface area contributed by atoms with E-state index in [1.54, 1.807) is 18.4 Å². The molecule has 0 aromatic carbocycles. The highest BCUT2D eigenvalue weighted by molar-refractivity contribution is 7.09. The Morgan fingerprint density at radius 2 is 2.00 bits per heavy atom. The number of ether oxygens (including phenoxy) is 1. The zero-order valence-electron chi connectivity index (χ0n) is 11.5. The second kappa shape index (κ2) is 5.94. The number of nitrogens with zero attached hydrogens (tertiary/aromatic N) is 1. The maximum absolute atomic E-state index is 6.12. The number of thiazole rings is 1. The summed E-state index contributed by atoms with van der Waals surface area (Å²) in [4.78, 5) is 4.68. The molecule has 0 amide bonds. The van der Waals surface area contributed by atoms with Crippen molar-refractivity contribution in [2.24, 2.45) is 11.7 Å². The van der Waals surface area contributed by atoms with Crippen molar-refractivity contribution >= 4 is 11.3 Å². The van der Waals surface area contributed by atoms with Crippen LogP contribution in [0.15, 0.2) is 5.38 Å². The molecule has 1 atom stereocenters. The Morgan fingerprint density at radius 3 is 2.41 bits per heavy atom. The summed E-state index contributed by atoms with van der Waals surface area (Å²) in [7, 11) is 1.76. The summed E-state index contributed by atoms with van der Waals surface area (Å²) < 4.78 is 5.68. The summed E-state index contributed by atoms with van der Waals surface area (Å²) in [5.74, 6) is 0.408. The van der Waals surface area contributed by atoms with Gasteiger partial charge in [-0.15, -0.1) is 11.3 Å². The minimum Gasteiger partial charge on any atom is -0.371 e. The van der Waals surface area contributed by atoms with Crippen molar-refractivity contribution in [2.75, 3.05) is 7.11 Å². The van der Waals surface area contributed by atoms with E-state index in [-0.39, 0.29) is 11.6 Å². The molecular formula is C13H24N2OS. The van der Waals surface area contributed by atoms with Gasteiger partial charge >= 0.3 is 0 Å². The fraction of sp³-hybridized carbons (Fsp3) is 0.769. The SMILES string of the molecule is CCC(CC)(OC)c1nc(C(N)C(C)C)cs1. The first kappa shape index (κ1) is 14.6. The van der Waals surface area contributed by atoms with Gasteiger partial charge in [0.1, 0.15) is 10.6 Å². The van der Waals surface area contributed by atoms with Gasteiger partial charge in [0.05, 0.1) is 11.7 Å². The molecule has 4 heteroatoms. The van der Waals surface area contributed by atoms with Gasteiger partial charge in [0, 0.05) is 12.5 Å². The van der Waals surface area contributed by atoms with E-state index in [0.29, 0.717) is 5.92 Å². The zero-order chi connectivity index (χ0) is 13.1. The topological polar surface area (TPSA) is 48.1 Å². The number of hydrogen-bond acceptors (Lipinski definition) is 4. The zero-order valence-corrected chi connectivity index (χ0v) is 12.3. The van der Waals surface area contributed by atoms with Crippen LogP contribution in [0, 0.1) is 5.92 Å². The van der Waals surface area contributed by atoms with Crippen molar-refractivity contribution < 1.29 is 4.74 Å². The molecule has 1 rings (SSSR count). The van der Waals surface area contributed by atoms with Crippen LogP contribution in [0.4, 0.5) is 0 Å². The third-order valence-corrected chi connectivity index (χ3v) is 4.55. The molecule has 1 aromatic heterocycles. The van der Waals surface area contributed by atoms with Crippen molar-refractivity contribution in [3.8, 4) is 0 Å². The lowest BCUT2D eigenvalue weighted by atomic mass is 9.97. The predicted molar refractivity (Wildman–Crippen MR) is 73.1 cm³/mol. The van der Waals surface area contributed by atoms with E-state index in [2.05, 4.69) is 38.1 Å². The van der Waals surface area contributed by atoms with Crippen molar-refractivity contribution in [2.45, 2.75) is 52.2 Å². The van der Waals surface area contributed by atoms with E-state index in [4.69, 9.17) is 10.5 Å². The van der Waals surface area contributed by atoms with E-state index >= 15 is 0 Å². The van der Waals surface area contributed by atoms with Gasteiger partial charge in [-0.05, 0) is 18.8 Å². The third kappa shape index (κ3) is 2.87. The maximum atomic E-state index is 6.12. The van der Waals surface area contributed by atoms with Crippen molar-refractivity contribution in [1.82, 2.24) is 4.98 Å². The van der Waals surface area contributed by atoms with E-state index in [1.807, 2.05) is 0 Å². The Hall–Kier alpha value is -0.450. The highest BCUT2D eigenvalue weighted by Gasteiger charge is 2.32.